The molecule has 0 N–H and O–H groups in total. The molecule has 1 fully saturated rings. The maximum absolute atomic E-state index is 14.4. The molecule has 2 aliphatic rings. The first kappa shape index (κ1) is 20.9. The molecule has 2 aromatic carbocycles. The quantitative estimate of drug-likeness (QED) is 0.555. The lowest BCUT2D eigenvalue weighted by Gasteiger charge is -2.30. The van der Waals surface area contributed by atoms with Crippen molar-refractivity contribution in [3.63, 3.8) is 0 Å². The van der Waals surface area contributed by atoms with Gasteiger partial charge in [-0.2, -0.15) is 4.98 Å². The summed E-state index contributed by atoms with van der Waals surface area (Å²) in [6.07, 6.45) is 3.14. The summed E-state index contributed by atoms with van der Waals surface area (Å²) in [5.74, 6) is 2.01. The number of hydrogen-bond donors (Lipinski definition) is 0. The van der Waals surface area contributed by atoms with Crippen molar-refractivity contribution in [3.8, 4) is 11.6 Å². The van der Waals surface area contributed by atoms with Gasteiger partial charge in [-0.05, 0) is 50.5 Å². The highest BCUT2D eigenvalue weighted by Crippen LogP contribution is 2.33. The van der Waals surface area contributed by atoms with Gasteiger partial charge < -0.3 is 9.64 Å². The molecule has 0 atom stereocenters. The number of halogens is 1. The van der Waals surface area contributed by atoms with Gasteiger partial charge in [-0.3, -0.25) is 4.90 Å². The highest BCUT2D eigenvalue weighted by atomic mass is 19.1. The van der Waals surface area contributed by atoms with Gasteiger partial charge in [-0.1, -0.05) is 29.8 Å². The molecule has 166 valence electrons. The lowest BCUT2D eigenvalue weighted by atomic mass is 10.0. The molecule has 6 heteroatoms. The lowest BCUT2D eigenvalue weighted by molar-refractivity contribution is 0.235. The predicted molar refractivity (Wildman–Crippen MR) is 124 cm³/mol. The fourth-order valence-corrected chi connectivity index (χ4v) is 4.56. The van der Waals surface area contributed by atoms with E-state index in [2.05, 4.69) is 22.8 Å². The van der Waals surface area contributed by atoms with Crippen LogP contribution in [0.5, 0.6) is 11.6 Å². The SMILES string of the molecule is Cc1cccc(Oc2nc(N3CCCC3)nc3c2CN(Cc2cc(C)ccc2F)CC3)c1. The summed E-state index contributed by atoms with van der Waals surface area (Å²) in [6, 6.07) is 13.3. The number of aryl methyl sites for hydroxylation is 2. The average molecular weight is 433 g/mol. The van der Waals surface area contributed by atoms with Crippen molar-refractivity contribution < 1.29 is 9.13 Å². The number of hydrogen-bond acceptors (Lipinski definition) is 5. The lowest BCUT2D eigenvalue weighted by Crippen LogP contribution is -2.32. The molecule has 5 nitrogen and oxygen atoms in total. The number of fused-ring (bicyclic) bond motifs is 1. The van der Waals surface area contributed by atoms with E-state index in [-0.39, 0.29) is 5.82 Å². The van der Waals surface area contributed by atoms with Crippen molar-refractivity contribution in [1.82, 2.24) is 14.9 Å². The zero-order chi connectivity index (χ0) is 22.1. The van der Waals surface area contributed by atoms with Gasteiger partial charge in [-0.15, -0.1) is 0 Å². The van der Waals surface area contributed by atoms with Crippen molar-refractivity contribution in [2.75, 3.05) is 24.5 Å². The van der Waals surface area contributed by atoms with Crippen LogP contribution >= 0.6 is 0 Å². The number of rotatable bonds is 5. The van der Waals surface area contributed by atoms with E-state index in [4.69, 9.17) is 14.7 Å². The molecule has 1 aromatic heterocycles. The first-order chi connectivity index (χ1) is 15.5. The van der Waals surface area contributed by atoms with Gasteiger partial charge in [-0.25, -0.2) is 9.37 Å². The van der Waals surface area contributed by atoms with E-state index in [1.165, 1.54) is 12.8 Å². The topological polar surface area (TPSA) is 41.5 Å². The monoisotopic (exact) mass is 432 g/mol. The van der Waals surface area contributed by atoms with Crippen molar-refractivity contribution in [3.05, 3.63) is 76.2 Å². The van der Waals surface area contributed by atoms with Crippen molar-refractivity contribution in [2.24, 2.45) is 0 Å². The van der Waals surface area contributed by atoms with E-state index in [1.807, 2.05) is 37.3 Å². The third kappa shape index (κ3) is 4.46. The highest BCUT2D eigenvalue weighted by molar-refractivity contribution is 5.44. The summed E-state index contributed by atoms with van der Waals surface area (Å²) < 4.78 is 20.7. The Balaban J connectivity index is 1.46. The van der Waals surface area contributed by atoms with Crippen molar-refractivity contribution in [1.29, 1.82) is 0 Å². The van der Waals surface area contributed by atoms with Gasteiger partial charge in [0, 0.05) is 44.7 Å². The predicted octanol–water partition coefficient (Wildman–Crippen LogP) is 5.18. The van der Waals surface area contributed by atoms with Crippen LogP contribution < -0.4 is 9.64 Å². The summed E-state index contributed by atoms with van der Waals surface area (Å²) >= 11 is 0. The van der Waals surface area contributed by atoms with Crippen LogP contribution in [0.3, 0.4) is 0 Å². The largest absolute Gasteiger partial charge is 0.438 e. The Morgan fingerprint density at radius 2 is 1.78 bits per heavy atom. The Labute approximate surface area is 188 Å². The summed E-state index contributed by atoms with van der Waals surface area (Å²) in [4.78, 5) is 14.3. The third-order valence-corrected chi connectivity index (χ3v) is 6.28. The minimum Gasteiger partial charge on any atom is -0.438 e. The van der Waals surface area contributed by atoms with E-state index >= 15 is 0 Å². The Hall–Kier alpha value is -2.99. The van der Waals surface area contributed by atoms with Crippen LogP contribution in [0.15, 0.2) is 42.5 Å². The number of aromatic nitrogens is 2. The maximum Gasteiger partial charge on any atom is 0.228 e. The van der Waals surface area contributed by atoms with Crippen LogP contribution in [-0.2, 0) is 19.5 Å². The highest BCUT2D eigenvalue weighted by Gasteiger charge is 2.26. The fraction of sp³-hybridized carbons (Fsp3) is 0.385. The van der Waals surface area contributed by atoms with Crippen LogP contribution in [-0.4, -0.2) is 34.5 Å². The van der Waals surface area contributed by atoms with Gasteiger partial charge in [0.15, 0.2) is 0 Å². The van der Waals surface area contributed by atoms with Gasteiger partial charge >= 0.3 is 0 Å². The molecule has 3 heterocycles. The second kappa shape index (κ2) is 8.87. The summed E-state index contributed by atoms with van der Waals surface area (Å²) in [5.41, 5.74) is 4.99. The first-order valence-corrected chi connectivity index (χ1v) is 11.4. The minimum absolute atomic E-state index is 0.154. The molecule has 0 amide bonds. The minimum atomic E-state index is -0.154. The molecule has 32 heavy (non-hydrogen) atoms. The van der Waals surface area contributed by atoms with E-state index in [1.54, 1.807) is 6.07 Å². The standard InChI is InChI=1S/C26H29FN4O/c1-18-6-5-7-21(15-18)32-25-22-17-30(16-20-14-19(2)8-9-23(20)27)13-10-24(22)28-26(29-25)31-11-3-4-12-31/h5-9,14-15H,3-4,10-13,16-17H2,1-2H3. The smallest absolute Gasteiger partial charge is 0.228 e. The van der Waals surface area contributed by atoms with Gasteiger partial charge in [0.2, 0.25) is 11.8 Å². The van der Waals surface area contributed by atoms with Crippen molar-refractivity contribution in [2.45, 2.75) is 46.2 Å². The van der Waals surface area contributed by atoms with Gasteiger partial charge in [0.1, 0.15) is 11.6 Å². The number of anilines is 1. The molecule has 0 saturated carbocycles. The van der Waals surface area contributed by atoms with Crippen LogP contribution in [0.25, 0.3) is 0 Å². The van der Waals surface area contributed by atoms with Crippen molar-refractivity contribution >= 4 is 5.95 Å². The fourth-order valence-electron chi connectivity index (χ4n) is 4.56. The third-order valence-electron chi connectivity index (χ3n) is 6.28. The number of ether oxygens (including phenoxy) is 1. The Morgan fingerprint density at radius 1 is 0.969 bits per heavy atom. The zero-order valence-corrected chi connectivity index (χ0v) is 18.8. The summed E-state index contributed by atoms with van der Waals surface area (Å²) in [6.45, 7) is 8.06. The van der Waals surface area contributed by atoms with Gasteiger partial charge in [0.25, 0.3) is 0 Å². The Morgan fingerprint density at radius 3 is 2.59 bits per heavy atom. The number of nitrogens with zero attached hydrogens (tertiary/aromatic N) is 4. The molecule has 1 saturated heterocycles. The molecule has 2 aliphatic heterocycles. The van der Waals surface area contributed by atoms with E-state index in [0.29, 0.717) is 19.0 Å². The summed E-state index contributed by atoms with van der Waals surface area (Å²) in [7, 11) is 0. The Kier molecular flexibility index (Phi) is 5.79. The summed E-state index contributed by atoms with van der Waals surface area (Å²) in [5, 5.41) is 0. The zero-order valence-electron chi connectivity index (χ0n) is 18.8. The van der Waals surface area contributed by atoms with Crippen LogP contribution in [0, 0.1) is 19.7 Å². The molecule has 5 rings (SSSR count). The molecule has 0 unspecified atom stereocenters. The molecule has 0 bridgehead atoms. The first-order valence-electron chi connectivity index (χ1n) is 11.4. The second-order valence-electron chi connectivity index (χ2n) is 8.92. The maximum atomic E-state index is 14.4. The molecular weight excluding hydrogens is 403 g/mol. The average Bonchev–Trinajstić information content (AvgIpc) is 3.31. The van der Waals surface area contributed by atoms with E-state index < -0.39 is 0 Å². The van der Waals surface area contributed by atoms with E-state index in [9.17, 15) is 4.39 Å². The Bertz CT molecular complexity index is 1130. The normalized spacial score (nSPS) is 16.3. The van der Waals surface area contributed by atoms with Crippen LogP contribution in [0.1, 0.15) is 40.8 Å². The molecular formula is C26H29FN4O. The number of benzene rings is 2. The molecule has 3 aromatic rings. The molecule has 0 aliphatic carbocycles. The van der Waals surface area contributed by atoms with Crippen LogP contribution in [0.2, 0.25) is 0 Å². The van der Waals surface area contributed by atoms with E-state index in [0.717, 1.165) is 65.7 Å². The molecule has 0 spiro atoms. The van der Waals surface area contributed by atoms with Crippen LogP contribution in [0.4, 0.5) is 10.3 Å². The van der Waals surface area contributed by atoms with Gasteiger partial charge in [0.05, 0.1) is 11.3 Å². The second-order valence-corrected chi connectivity index (χ2v) is 8.92. The molecule has 0 radical (unpaired) electrons.